The van der Waals surface area contributed by atoms with E-state index in [0.29, 0.717) is 57.4 Å². The maximum Gasteiger partial charge on any atom is 0.0671 e. The Kier molecular flexibility index (Phi) is 29.4. The molecule has 0 aliphatic carbocycles. The molecule has 0 fully saturated rings. The maximum absolute atomic E-state index is 9.00. The standard InChI is InChI=1S/C31H40.C30H38.2C25H28.C24H23N/c1-19(2)28-17-26(31(8,9)10)18-29(20(3)4)30(28)25-13-14-27(23(7)16-25)24-12-11-21(5)22(6)15-24;1-18(2)26-16-28(19(3)4)30(29(17-26)20(5)6)25-12-13-27(23(9)15-25)24-11-10-21(7)22(8)14-24;2*1-17(2)24-15-23(16-25(18(3)4)19(24)5)22-13-11-21(12-14-22)20-9-7-6-8-10-20;1-15-5-6-21(11-16(15)2)23-10-9-19(12-17(23)3)20-7-8-22-13-18(4)25-24(22)14-20/h11-20H,1-10H3;10-20H,1-9H3;2*6-18H,1-5H3;5-12,14H,13H2,1-4H3/i6D3,7D3,19D,20D;;17D,18D;;. The van der Waals surface area contributed by atoms with Gasteiger partial charge in [-0.15, -0.1) is 0 Å². The highest BCUT2D eigenvalue weighted by molar-refractivity contribution is 5.93. The van der Waals surface area contributed by atoms with Crippen LogP contribution in [-0.4, -0.2) is 5.71 Å². The van der Waals surface area contributed by atoms with Crippen molar-refractivity contribution in [1.29, 1.82) is 0 Å². The molecule has 1 aliphatic heterocycles. The van der Waals surface area contributed by atoms with Gasteiger partial charge in [0.1, 0.15) is 0 Å². The lowest BCUT2D eigenvalue weighted by molar-refractivity contribution is 0.587. The van der Waals surface area contributed by atoms with Gasteiger partial charge in [-0.1, -0.05) is 424 Å². The molecule has 15 aromatic carbocycles. The Morgan fingerprint density at radius 2 is 0.544 bits per heavy atom. The van der Waals surface area contributed by atoms with Crippen molar-refractivity contribution in [3.63, 3.8) is 0 Å². The second kappa shape index (κ2) is 44.8. The molecule has 0 saturated carbocycles. The summed E-state index contributed by atoms with van der Waals surface area (Å²) in [6.07, 6.45) is 0.986. The fourth-order valence-electron chi connectivity index (χ4n) is 18.9. The summed E-state index contributed by atoms with van der Waals surface area (Å²) in [6.45, 7) is 60.7. The number of aliphatic imine (C=N–C) groups is 1. The highest BCUT2D eigenvalue weighted by Crippen LogP contribution is 2.46. The van der Waals surface area contributed by atoms with Crippen molar-refractivity contribution in [2.75, 3.05) is 0 Å². The highest BCUT2D eigenvalue weighted by atomic mass is 14.8. The van der Waals surface area contributed by atoms with E-state index in [1.807, 2.05) is 58.9 Å². The van der Waals surface area contributed by atoms with Crippen LogP contribution in [0.4, 0.5) is 5.69 Å². The van der Waals surface area contributed by atoms with Crippen LogP contribution in [0.5, 0.6) is 0 Å². The molecule has 0 spiro atoms. The molecule has 0 aromatic heterocycles. The minimum Gasteiger partial charge on any atom is -0.257 e. The second-order valence-electron chi connectivity index (χ2n) is 41.7. The summed E-state index contributed by atoms with van der Waals surface area (Å²) in [5.41, 5.74) is 49.3. The smallest absolute Gasteiger partial charge is 0.0671 e. The third-order valence-electron chi connectivity index (χ3n) is 27.5. The van der Waals surface area contributed by atoms with Gasteiger partial charge in [0.05, 0.1) is 5.69 Å². The summed E-state index contributed by atoms with van der Waals surface area (Å²) < 4.78 is 83.9. The number of benzene rings is 15. The molecule has 1 nitrogen and oxygen atoms in total. The van der Waals surface area contributed by atoms with Crippen LogP contribution in [0, 0.1) is 76.0 Å². The average molecular weight is 1800 g/mol. The van der Waals surface area contributed by atoms with E-state index in [0.717, 1.165) is 56.6 Å². The van der Waals surface area contributed by atoms with Gasteiger partial charge in [0.2, 0.25) is 0 Å². The Morgan fingerprint density at radius 1 is 0.243 bits per heavy atom. The predicted molar refractivity (Wildman–Crippen MR) is 601 cm³/mol. The van der Waals surface area contributed by atoms with Crippen LogP contribution >= 0.6 is 0 Å². The summed E-state index contributed by atoms with van der Waals surface area (Å²) in [5.74, 6) is -0.812. The van der Waals surface area contributed by atoms with Gasteiger partial charge in [-0.25, -0.2) is 0 Å². The molecule has 0 radical (unpaired) electrons. The molecule has 0 atom stereocenters. The van der Waals surface area contributed by atoms with E-state index in [4.69, 9.17) is 13.7 Å². The van der Waals surface area contributed by atoms with Crippen molar-refractivity contribution < 1.29 is 13.7 Å². The minimum absolute atomic E-state index is 0.0997. The van der Waals surface area contributed by atoms with Gasteiger partial charge in [0.15, 0.2) is 0 Å². The SMILES string of the molecule is CC1=Nc2cc(-c3ccc(-c4ccc(C)c(C)c4)c(C)c3)ccc2C1.Cc1c(C(C)C)cc(-c2ccc(-c3ccccc3)cc2)cc1C(C)C.Cc1ccc(-c2ccc(-c3c(C(C)C)cc(C(C)C)cc3C(C)C)cc2C)cc1C.[2H]C(C)(C)c1cc(-c2ccc(-c3ccccc3)cc2)cc(C([2H])(C)C)c1C.[2H]C([2H])([2H])c1cc(-c2ccc(-c3c(C([2H])(C)C)cc(C(C)(C)C)cc3C([2H])(C)C)cc2C([2H])([2H])[2H])ccc1C. The Hall–Kier alpha value is -12.0. The van der Waals surface area contributed by atoms with Gasteiger partial charge in [0.25, 0.3) is 0 Å². The topological polar surface area (TPSA) is 12.4 Å². The predicted octanol–water partition coefficient (Wildman–Crippen LogP) is 40.6. The Labute approximate surface area is 837 Å². The Balaban J connectivity index is 0.000000164. The van der Waals surface area contributed by atoms with Crippen LogP contribution in [0.3, 0.4) is 0 Å². The first-order chi connectivity index (χ1) is 68.1. The quantitative estimate of drug-likeness (QED) is 0.0765. The lowest BCUT2D eigenvalue weighted by Gasteiger charge is -2.27. The average Bonchev–Trinajstić information content (AvgIpc) is 0.781. The van der Waals surface area contributed by atoms with Crippen molar-refractivity contribution >= 4 is 11.4 Å². The molecule has 15 aromatic rings. The first-order valence-corrected chi connectivity index (χ1v) is 49.4. The van der Waals surface area contributed by atoms with Crippen molar-refractivity contribution in [3.8, 4) is 111 Å². The molecule has 0 N–H and O–H groups in total. The largest absolute Gasteiger partial charge is 0.257 e. The van der Waals surface area contributed by atoms with Crippen LogP contribution in [0.15, 0.2) is 290 Å². The molecular formula is C135H157N. The molecule has 16 rings (SSSR count). The summed E-state index contributed by atoms with van der Waals surface area (Å²) in [7, 11) is 0. The monoisotopic (exact) mass is 1800 g/mol. The zero-order valence-electron chi connectivity index (χ0n) is 97.7. The summed E-state index contributed by atoms with van der Waals surface area (Å²) in [4.78, 5) is 4.66. The lowest BCUT2D eigenvalue weighted by Crippen LogP contribution is -2.14. The summed E-state index contributed by atoms with van der Waals surface area (Å²) in [5, 5.41) is 0. The molecule has 0 bridgehead atoms. The van der Waals surface area contributed by atoms with E-state index >= 15 is 0 Å². The lowest BCUT2D eigenvalue weighted by atomic mass is 9.77. The van der Waals surface area contributed by atoms with Gasteiger partial charge < -0.3 is 0 Å². The van der Waals surface area contributed by atoms with E-state index in [1.54, 1.807) is 65.0 Å². The van der Waals surface area contributed by atoms with Crippen molar-refractivity contribution in [2.45, 2.75) is 293 Å². The minimum atomic E-state index is -2.48. The number of fused-ring (bicyclic) bond motifs is 1. The number of rotatable bonds is 19. The Bertz CT molecular complexity index is 7070. The van der Waals surface area contributed by atoms with Gasteiger partial charge in [0, 0.05) is 25.8 Å². The van der Waals surface area contributed by atoms with Crippen LogP contribution in [0.2, 0.25) is 0 Å². The number of nitrogens with zero attached hydrogens (tertiary/aromatic N) is 1. The number of aryl methyl sites for hydroxylation is 9. The van der Waals surface area contributed by atoms with E-state index in [2.05, 4.69) is 381 Å². The first-order valence-electron chi connectivity index (χ1n) is 54.4. The molecule has 1 heteroatoms. The summed E-state index contributed by atoms with van der Waals surface area (Å²) >= 11 is 0. The zero-order chi connectivity index (χ0) is 107. The van der Waals surface area contributed by atoms with Gasteiger partial charge in [-0.05, 0) is 381 Å². The molecule has 0 unspecified atom stereocenters. The van der Waals surface area contributed by atoms with E-state index in [-0.39, 0.29) is 16.5 Å². The van der Waals surface area contributed by atoms with E-state index in [1.165, 1.54) is 156 Å². The molecule has 0 amide bonds. The van der Waals surface area contributed by atoms with Crippen LogP contribution < -0.4 is 0 Å². The molecule has 1 heterocycles. The second-order valence-corrected chi connectivity index (χ2v) is 41.7. The van der Waals surface area contributed by atoms with E-state index < -0.39 is 37.3 Å². The molecule has 0 saturated heterocycles. The fourth-order valence-corrected chi connectivity index (χ4v) is 18.9. The van der Waals surface area contributed by atoms with Crippen molar-refractivity contribution in [1.82, 2.24) is 0 Å². The highest BCUT2D eigenvalue weighted by Gasteiger charge is 2.26. The van der Waals surface area contributed by atoms with Crippen molar-refractivity contribution in [3.05, 3.63) is 408 Å². The van der Waals surface area contributed by atoms with Crippen LogP contribution in [-0.2, 0) is 11.8 Å². The van der Waals surface area contributed by atoms with Gasteiger partial charge in [-0.2, -0.15) is 0 Å². The van der Waals surface area contributed by atoms with Gasteiger partial charge in [-0.3, -0.25) is 4.99 Å². The van der Waals surface area contributed by atoms with Gasteiger partial charge >= 0.3 is 0 Å². The fraction of sp³-hybridized carbons (Fsp3) is 0.326. The molecule has 702 valence electrons. The van der Waals surface area contributed by atoms with Crippen LogP contribution in [0.25, 0.3) is 111 Å². The third-order valence-corrected chi connectivity index (χ3v) is 27.5. The number of hydrogen-bond donors (Lipinski definition) is 0. The molecular weight excluding hydrogens is 1640 g/mol. The van der Waals surface area contributed by atoms with Crippen molar-refractivity contribution in [2.24, 2.45) is 4.99 Å². The number of hydrogen-bond acceptors (Lipinski definition) is 1. The zero-order valence-corrected chi connectivity index (χ0v) is 87.7. The third kappa shape index (κ3) is 24.7. The molecule has 136 heavy (non-hydrogen) atoms. The normalized spacial score (nSPS) is 13.5. The molecule has 1 aliphatic rings. The van der Waals surface area contributed by atoms with Crippen LogP contribution in [0.1, 0.15) is 342 Å². The summed E-state index contributed by atoms with van der Waals surface area (Å²) in [6, 6.07) is 101. The first kappa shape index (κ1) is 89.2. The Morgan fingerprint density at radius 3 is 0.919 bits per heavy atom. The maximum atomic E-state index is 9.00. The van der Waals surface area contributed by atoms with E-state index in [9.17, 15) is 0 Å².